The van der Waals surface area contributed by atoms with Crippen LogP contribution < -0.4 is 16.0 Å². The Balaban J connectivity index is 1.57. The van der Waals surface area contributed by atoms with Gasteiger partial charge in [-0.1, -0.05) is 44.6 Å². The molecule has 2 heterocycles. The molecule has 2 atom stereocenters. The molecule has 4 N–H and O–H groups in total. The van der Waals surface area contributed by atoms with Crippen molar-refractivity contribution in [2.24, 2.45) is 11.8 Å². The maximum Gasteiger partial charge on any atom is 0.228 e. The average Bonchev–Trinajstić information content (AvgIpc) is 3.24. The second-order valence-electron chi connectivity index (χ2n) is 10.3. The molecule has 35 heavy (non-hydrogen) atoms. The lowest BCUT2D eigenvalue weighted by Gasteiger charge is -2.46. The molecule has 1 aliphatic heterocycles. The molecule has 0 saturated heterocycles. The largest absolute Gasteiger partial charge is 0.384 e. The first-order valence-electron chi connectivity index (χ1n) is 12.9. The number of anilines is 2. The zero-order valence-corrected chi connectivity index (χ0v) is 19.9. The van der Waals surface area contributed by atoms with Gasteiger partial charge >= 0.3 is 0 Å². The average molecular weight is 485 g/mol. The van der Waals surface area contributed by atoms with Crippen molar-refractivity contribution in [3.63, 3.8) is 0 Å². The first-order chi connectivity index (χ1) is 17.0. The summed E-state index contributed by atoms with van der Waals surface area (Å²) in [6.45, 7) is 0. The van der Waals surface area contributed by atoms with Crippen molar-refractivity contribution in [2.75, 3.05) is 10.6 Å². The van der Waals surface area contributed by atoms with E-state index in [4.69, 9.17) is 0 Å². The summed E-state index contributed by atoms with van der Waals surface area (Å²) in [5.74, 6) is -2.75. The Morgan fingerprint density at radius 1 is 1.00 bits per heavy atom. The highest BCUT2D eigenvalue weighted by Gasteiger charge is 2.55. The van der Waals surface area contributed by atoms with Gasteiger partial charge in [-0.25, -0.2) is 8.78 Å². The number of hydrogen-bond donors (Lipinski definition) is 4. The third-order valence-corrected chi connectivity index (χ3v) is 8.02. The zero-order valence-electron chi connectivity index (χ0n) is 19.9. The molecule has 2 saturated carbocycles. The highest BCUT2D eigenvalue weighted by molar-refractivity contribution is 5.86. The fraction of sp³-hybridized carbons (Fsp3) is 0.556. The van der Waals surface area contributed by atoms with Crippen LogP contribution in [-0.2, 0) is 4.79 Å². The van der Waals surface area contributed by atoms with E-state index in [0.29, 0.717) is 16.9 Å². The van der Waals surface area contributed by atoms with Crippen molar-refractivity contribution in [1.29, 1.82) is 0 Å². The normalized spacial score (nSPS) is 21.9. The van der Waals surface area contributed by atoms with Crippen LogP contribution in [0, 0.1) is 23.5 Å². The lowest BCUT2D eigenvalue weighted by atomic mass is 9.70. The van der Waals surface area contributed by atoms with Crippen molar-refractivity contribution in [2.45, 2.75) is 82.0 Å². The predicted octanol–water partition coefficient (Wildman–Crippen LogP) is 5.27. The number of carbonyl (C=O) groups excluding carboxylic acids is 1. The molecular formula is C27H34F2N4O2. The molecule has 2 aliphatic carbocycles. The predicted molar refractivity (Wildman–Crippen MR) is 131 cm³/mol. The van der Waals surface area contributed by atoms with Crippen LogP contribution in [0.15, 0.2) is 36.7 Å². The van der Waals surface area contributed by atoms with Gasteiger partial charge in [0, 0.05) is 36.1 Å². The molecule has 2 aromatic rings. The van der Waals surface area contributed by atoms with Crippen LogP contribution in [0.5, 0.6) is 0 Å². The molecule has 0 spiro atoms. The van der Waals surface area contributed by atoms with E-state index in [-0.39, 0.29) is 17.9 Å². The Kier molecular flexibility index (Phi) is 6.91. The number of aromatic nitrogens is 1. The molecule has 2 unspecified atom stereocenters. The number of rotatable bonds is 6. The minimum absolute atomic E-state index is 0.00247. The van der Waals surface area contributed by atoms with E-state index < -0.39 is 29.3 Å². The summed E-state index contributed by atoms with van der Waals surface area (Å²) >= 11 is 0. The molecule has 1 aromatic heterocycles. The van der Waals surface area contributed by atoms with Gasteiger partial charge in [-0.3, -0.25) is 9.78 Å². The van der Waals surface area contributed by atoms with Crippen LogP contribution in [0.25, 0.3) is 0 Å². The Morgan fingerprint density at radius 3 is 2.17 bits per heavy atom. The van der Waals surface area contributed by atoms with E-state index in [1.54, 1.807) is 24.5 Å². The molecule has 0 bridgehead atoms. The molecule has 1 amide bonds. The van der Waals surface area contributed by atoms with Crippen molar-refractivity contribution >= 4 is 17.3 Å². The zero-order chi connectivity index (χ0) is 24.4. The first-order valence-corrected chi connectivity index (χ1v) is 12.9. The molecule has 5 rings (SSSR count). The number of nitrogens with zero attached hydrogens (tertiary/aromatic N) is 1. The molecule has 188 valence electrons. The third kappa shape index (κ3) is 4.73. The summed E-state index contributed by atoms with van der Waals surface area (Å²) in [5, 5.41) is 21.6. The SMILES string of the molecule is O=C(NC1CCCCC1)C(C1CCCCC1)C1(C(O)c2cccnc2)Nc2cc(F)c(F)cc2N1. The van der Waals surface area contributed by atoms with E-state index in [9.17, 15) is 18.7 Å². The monoisotopic (exact) mass is 484 g/mol. The van der Waals surface area contributed by atoms with Crippen molar-refractivity contribution in [3.05, 3.63) is 53.9 Å². The summed E-state index contributed by atoms with van der Waals surface area (Å²) in [7, 11) is 0. The second kappa shape index (κ2) is 10.1. The lowest BCUT2D eigenvalue weighted by Crippen LogP contribution is -2.61. The summed E-state index contributed by atoms with van der Waals surface area (Å²) in [6, 6.07) is 5.77. The van der Waals surface area contributed by atoms with Crippen LogP contribution in [0.2, 0.25) is 0 Å². The van der Waals surface area contributed by atoms with Gasteiger partial charge in [0.1, 0.15) is 6.10 Å². The van der Waals surface area contributed by atoms with Gasteiger partial charge in [0.25, 0.3) is 0 Å². The topological polar surface area (TPSA) is 86.3 Å². The van der Waals surface area contributed by atoms with Gasteiger partial charge in [-0.2, -0.15) is 0 Å². The Labute approximate surface area is 204 Å². The van der Waals surface area contributed by atoms with Crippen molar-refractivity contribution in [3.8, 4) is 0 Å². The van der Waals surface area contributed by atoms with E-state index in [2.05, 4.69) is 20.9 Å². The van der Waals surface area contributed by atoms with Gasteiger partial charge in [0.05, 0.1) is 17.3 Å². The molecular weight excluding hydrogens is 450 g/mol. The number of aliphatic hydroxyl groups excluding tert-OH is 1. The van der Waals surface area contributed by atoms with Gasteiger partial charge in [0.2, 0.25) is 5.91 Å². The van der Waals surface area contributed by atoms with Gasteiger partial charge in [0.15, 0.2) is 17.3 Å². The van der Waals surface area contributed by atoms with Crippen LogP contribution in [-0.4, -0.2) is 27.7 Å². The fourth-order valence-corrected chi connectivity index (χ4v) is 6.29. The van der Waals surface area contributed by atoms with Crippen molar-refractivity contribution < 1.29 is 18.7 Å². The van der Waals surface area contributed by atoms with Crippen LogP contribution in [0.4, 0.5) is 20.2 Å². The number of aliphatic hydroxyl groups is 1. The Bertz CT molecular complexity index is 1010. The number of nitrogens with one attached hydrogen (secondary N) is 3. The molecule has 2 fully saturated rings. The van der Waals surface area contributed by atoms with E-state index in [0.717, 1.165) is 69.9 Å². The number of pyridine rings is 1. The van der Waals surface area contributed by atoms with E-state index >= 15 is 0 Å². The Hall–Kier alpha value is -2.74. The number of carbonyl (C=O) groups is 1. The smallest absolute Gasteiger partial charge is 0.228 e. The maximum absolute atomic E-state index is 14.2. The molecule has 1 aromatic carbocycles. The summed E-state index contributed by atoms with van der Waals surface area (Å²) in [4.78, 5) is 18.2. The maximum atomic E-state index is 14.2. The molecule has 3 aliphatic rings. The molecule has 8 heteroatoms. The highest BCUT2D eigenvalue weighted by Crippen LogP contribution is 2.49. The number of amides is 1. The second-order valence-corrected chi connectivity index (χ2v) is 10.3. The Morgan fingerprint density at radius 2 is 1.60 bits per heavy atom. The van der Waals surface area contributed by atoms with Crippen LogP contribution in [0.1, 0.15) is 75.9 Å². The summed E-state index contributed by atoms with van der Waals surface area (Å²) < 4.78 is 28.4. The molecule has 6 nitrogen and oxygen atoms in total. The van der Waals surface area contributed by atoms with Crippen LogP contribution in [0.3, 0.4) is 0 Å². The first kappa shape index (κ1) is 24.0. The highest BCUT2D eigenvalue weighted by atomic mass is 19.2. The van der Waals surface area contributed by atoms with Crippen LogP contribution >= 0.6 is 0 Å². The number of halogens is 2. The summed E-state index contributed by atoms with van der Waals surface area (Å²) in [5.41, 5.74) is -0.199. The minimum atomic E-state index is -1.38. The summed E-state index contributed by atoms with van der Waals surface area (Å²) in [6.07, 6.45) is 12.1. The van der Waals surface area contributed by atoms with E-state index in [1.807, 2.05) is 0 Å². The van der Waals surface area contributed by atoms with Gasteiger partial charge in [-0.15, -0.1) is 0 Å². The standard InChI is InChI=1S/C27H34F2N4O2/c28-20-14-22-23(15-21(20)29)33-27(32-22,25(34)18-10-7-13-30-16-18)24(17-8-3-1-4-9-17)26(35)31-19-11-5-2-6-12-19/h7,10,13-17,19,24-25,32-34H,1-6,8-9,11-12H2,(H,31,35). The number of hydrogen-bond acceptors (Lipinski definition) is 5. The third-order valence-electron chi connectivity index (χ3n) is 8.02. The number of fused-ring (bicyclic) bond motifs is 1. The van der Waals surface area contributed by atoms with E-state index in [1.165, 1.54) is 6.42 Å². The fourth-order valence-electron chi connectivity index (χ4n) is 6.29. The van der Waals surface area contributed by atoms with Gasteiger partial charge in [-0.05, 0) is 37.7 Å². The molecule has 0 radical (unpaired) electrons. The lowest BCUT2D eigenvalue weighted by molar-refractivity contribution is -0.132. The van der Waals surface area contributed by atoms with Crippen molar-refractivity contribution in [1.82, 2.24) is 10.3 Å². The minimum Gasteiger partial charge on any atom is -0.384 e. The number of benzene rings is 1. The quantitative estimate of drug-likeness (QED) is 0.449. The van der Waals surface area contributed by atoms with Gasteiger partial charge < -0.3 is 21.1 Å².